The number of rotatable bonds is 9. The molecule has 210 valence electrons. The molecule has 2 atom stereocenters. The van der Waals surface area contributed by atoms with Crippen molar-refractivity contribution in [1.82, 2.24) is 0 Å². The maximum Gasteiger partial charge on any atom is 0.460 e. The zero-order valence-electron chi connectivity index (χ0n) is 14.7. The van der Waals surface area contributed by atoms with Crippen LogP contribution in [0.4, 0.5) is 83.4 Å². The topological polar surface area (TPSA) is 72.8 Å². The van der Waals surface area contributed by atoms with Crippen LogP contribution >= 0.6 is 0 Å². The summed E-state index contributed by atoms with van der Waals surface area (Å²) in [6, 6.07) is -4.43. The molecule has 1 N–H and O–H groups in total. The second-order valence-corrected chi connectivity index (χ2v) is 7.05. The Labute approximate surface area is 176 Å². The maximum atomic E-state index is 14.0. The molecule has 5 nitrogen and oxygen atoms in total. The standard InChI is InChI=1S/C10HF19O5S/c11-1(12)2(13)33-8(24,25)3(14,6(18,19)20)4(15,16)5(17,7(21,22)23)34-9(26,27)10(28,29)35(30,31)32/h(H,30,31,32). The molecule has 0 aromatic heterocycles. The summed E-state index contributed by atoms with van der Waals surface area (Å²) in [5.74, 6) is -17.9. The molecular formula is C10HF19O5S. The summed E-state index contributed by atoms with van der Waals surface area (Å²) in [7, 11) is -7.86. The lowest BCUT2D eigenvalue weighted by atomic mass is 9.88. The average Bonchev–Trinajstić information content (AvgIpc) is 2.56. The minimum atomic E-state index is -9.12. The van der Waals surface area contributed by atoms with Crippen LogP contribution in [-0.4, -0.2) is 60.2 Å². The Morgan fingerprint density at radius 3 is 1.26 bits per heavy atom. The zero-order chi connectivity index (χ0) is 29.1. The second kappa shape index (κ2) is 8.58. The van der Waals surface area contributed by atoms with E-state index < -0.39 is 69.5 Å². The van der Waals surface area contributed by atoms with Gasteiger partial charge in [0.15, 0.2) is 0 Å². The lowest BCUT2D eigenvalue weighted by Crippen LogP contribution is -2.77. The quantitative estimate of drug-likeness (QED) is 0.206. The van der Waals surface area contributed by atoms with Gasteiger partial charge >= 0.3 is 69.5 Å². The van der Waals surface area contributed by atoms with E-state index in [1.54, 1.807) is 0 Å². The summed E-state index contributed by atoms with van der Waals surface area (Å²) in [6.45, 7) is 0. The van der Waals surface area contributed by atoms with E-state index in [2.05, 4.69) is 0 Å². The predicted molar refractivity (Wildman–Crippen MR) is 63.6 cm³/mol. The monoisotopic (exact) mass is 594 g/mol. The van der Waals surface area contributed by atoms with E-state index in [9.17, 15) is 91.8 Å². The SMILES string of the molecule is O=S(=O)(O)C(F)(F)C(F)(F)OC(F)(C(F)(F)F)C(F)(F)C(F)(C(F)(F)F)C(F)(F)OC(F)=C(F)F. The molecule has 35 heavy (non-hydrogen) atoms. The molecule has 0 aromatic carbocycles. The van der Waals surface area contributed by atoms with Crippen molar-refractivity contribution in [2.75, 3.05) is 0 Å². The lowest BCUT2D eigenvalue weighted by molar-refractivity contribution is -0.522. The van der Waals surface area contributed by atoms with Crippen molar-refractivity contribution in [3.63, 3.8) is 0 Å². The number of alkyl halides is 16. The highest BCUT2D eigenvalue weighted by Gasteiger charge is 2.96. The molecular weight excluding hydrogens is 593 g/mol. The highest BCUT2D eigenvalue weighted by molar-refractivity contribution is 7.86. The molecule has 0 bridgehead atoms. The van der Waals surface area contributed by atoms with Crippen molar-refractivity contribution in [3.05, 3.63) is 12.1 Å². The minimum Gasteiger partial charge on any atom is -0.399 e. The number of hydrogen-bond donors (Lipinski definition) is 1. The third-order valence-electron chi connectivity index (χ3n) is 3.29. The van der Waals surface area contributed by atoms with Gasteiger partial charge in [-0.15, -0.1) is 0 Å². The van der Waals surface area contributed by atoms with E-state index in [0.29, 0.717) is 0 Å². The molecule has 2 unspecified atom stereocenters. The third-order valence-corrected chi connectivity index (χ3v) is 4.18. The summed E-state index contributed by atoms with van der Waals surface area (Å²) in [5, 5.41) is -7.69. The van der Waals surface area contributed by atoms with Gasteiger partial charge < -0.3 is 4.74 Å². The van der Waals surface area contributed by atoms with E-state index >= 15 is 0 Å². The first kappa shape index (κ1) is 33.1. The van der Waals surface area contributed by atoms with Crippen LogP contribution in [0.25, 0.3) is 0 Å². The van der Waals surface area contributed by atoms with Crippen LogP contribution in [0.15, 0.2) is 12.1 Å². The van der Waals surface area contributed by atoms with Crippen molar-refractivity contribution >= 4 is 10.1 Å². The summed E-state index contributed by atoms with van der Waals surface area (Å²) >= 11 is 0. The molecule has 0 aliphatic heterocycles. The molecule has 0 saturated heterocycles. The van der Waals surface area contributed by atoms with E-state index in [1.165, 1.54) is 4.74 Å². The Morgan fingerprint density at radius 1 is 0.629 bits per heavy atom. The highest BCUT2D eigenvalue weighted by Crippen LogP contribution is 2.63. The molecule has 0 rings (SSSR count). The van der Waals surface area contributed by atoms with Crippen LogP contribution < -0.4 is 0 Å². The molecule has 0 aliphatic carbocycles. The lowest BCUT2D eigenvalue weighted by Gasteiger charge is -2.45. The Hall–Kier alpha value is -1.92. The number of ether oxygens (including phenoxy) is 2. The van der Waals surface area contributed by atoms with Crippen molar-refractivity contribution in [2.45, 2.75) is 47.3 Å². The molecule has 0 saturated carbocycles. The number of halogens is 19. The molecule has 0 spiro atoms. The normalized spacial score (nSPS) is 18.5. The summed E-state index contributed by atoms with van der Waals surface area (Å²) < 4.78 is 278. The van der Waals surface area contributed by atoms with Gasteiger partial charge in [0.05, 0.1) is 0 Å². The van der Waals surface area contributed by atoms with Crippen LogP contribution in [0.5, 0.6) is 0 Å². The van der Waals surface area contributed by atoms with Crippen LogP contribution in [0.3, 0.4) is 0 Å². The fraction of sp³-hybridized carbons (Fsp3) is 0.800. The van der Waals surface area contributed by atoms with Crippen LogP contribution in [0.2, 0.25) is 0 Å². The van der Waals surface area contributed by atoms with Crippen molar-refractivity contribution in [2.24, 2.45) is 0 Å². The van der Waals surface area contributed by atoms with Gasteiger partial charge in [-0.25, -0.2) is 4.39 Å². The van der Waals surface area contributed by atoms with Gasteiger partial charge in [-0.1, -0.05) is 0 Å². The molecule has 0 aromatic rings. The fourth-order valence-electron chi connectivity index (χ4n) is 1.65. The predicted octanol–water partition coefficient (Wildman–Crippen LogP) is 5.85. The van der Waals surface area contributed by atoms with Gasteiger partial charge in [0.25, 0.3) is 0 Å². The first-order valence-corrected chi connectivity index (χ1v) is 8.32. The second-order valence-electron chi connectivity index (χ2n) is 5.59. The smallest absolute Gasteiger partial charge is 0.399 e. The molecule has 0 fully saturated rings. The first-order valence-electron chi connectivity index (χ1n) is 6.88. The van der Waals surface area contributed by atoms with Crippen LogP contribution in [0.1, 0.15) is 0 Å². The van der Waals surface area contributed by atoms with Crippen molar-refractivity contribution in [3.8, 4) is 0 Å². The maximum absolute atomic E-state index is 14.0. The molecule has 25 heteroatoms. The Bertz CT molecular complexity index is 931. The average molecular weight is 594 g/mol. The van der Waals surface area contributed by atoms with E-state index in [0.717, 1.165) is 4.74 Å². The van der Waals surface area contributed by atoms with Gasteiger partial charge in [0, 0.05) is 0 Å². The van der Waals surface area contributed by atoms with Gasteiger partial charge in [-0.05, 0) is 0 Å². The summed E-state index contributed by atoms with van der Waals surface area (Å²) in [6.07, 6.45) is -37.6. The van der Waals surface area contributed by atoms with Gasteiger partial charge in [-0.2, -0.15) is 87.4 Å². The van der Waals surface area contributed by atoms with Crippen LogP contribution in [0, 0.1) is 0 Å². The zero-order valence-corrected chi connectivity index (χ0v) is 15.5. The molecule has 0 heterocycles. The van der Waals surface area contributed by atoms with E-state index in [4.69, 9.17) is 4.55 Å². The van der Waals surface area contributed by atoms with E-state index in [1.807, 2.05) is 0 Å². The van der Waals surface area contributed by atoms with Crippen molar-refractivity contribution in [1.29, 1.82) is 0 Å². The Morgan fingerprint density at radius 2 is 1.00 bits per heavy atom. The largest absolute Gasteiger partial charge is 0.460 e. The minimum absolute atomic E-state index is 1.09. The summed E-state index contributed by atoms with van der Waals surface area (Å²) in [5.41, 5.74) is -8.90. The summed E-state index contributed by atoms with van der Waals surface area (Å²) in [4.78, 5) is 0. The van der Waals surface area contributed by atoms with Gasteiger partial charge in [0.2, 0.25) is 0 Å². The van der Waals surface area contributed by atoms with Crippen molar-refractivity contribution < 1.29 is 106 Å². The van der Waals surface area contributed by atoms with E-state index in [-0.39, 0.29) is 0 Å². The van der Waals surface area contributed by atoms with Crippen LogP contribution in [-0.2, 0) is 19.6 Å². The molecule has 0 amide bonds. The Kier molecular flexibility index (Phi) is 8.11. The highest BCUT2D eigenvalue weighted by atomic mass is 32.2. The fourth-order valence-corrected chi connectivity index (χ4v) is 2.00. The molecule has 0 radical (unpaired) electrons. The molecule has 0 aliphatic rings. The van der Waals surface area contributed by atoms with Gasteiger partial charge in [-0.3, -0.25) is 9.29 Å². The Balaban J connectivity index is 7.47. The first-order chi connectivity index (χ1) is 14.8. The third kappa shape index (κ3) is 5.01. The number of hydrogen-bond acceptors (Lipinski definition) is 4. The van der Waals surface area contributed by atoms with Gasteiger partial charge in [0.1, 0.15) is 0 Å².